The van der Waals surface area contributed by atoms with Gasteiger partial charge in [0.15, 0.2) is 27.0 Å². The Balaban J connectivity index is 1.95. The van der Waals surface area contributed by atoms with E-state index in [1.54, 1.807) is 32.9 Å². The highest BCUT2D eigenvalue weighted by Gasteiger charge is 2.48. The van der Waals surface area contributed by atoms with Crippen molar-refractivity contribution in [3.8, 4) is 0 Å². The van der Waals surface area contributed by atoms with Gasteiger partial charge >= 0.3 is 6.09 Å². The van der Waals surface area contributed by atoms with Crippen molar-refractivity contribution >= 4 is 56.3 Å². The fourth-order valence-corrected chi connectivity index (χ4v) is 6.88. The molecule has 192 valence electrons. The Labute approximate surface area is 216 Å². The van der Waals surface area contributed by atoms with Gasteiger partial charge in [0.05, 0.1) is 4.90 Å². The van der Waals surface area contributed by atoms with Crippen LogP contribution < -0.4 is 0 Å². The molecule has 0 N–H and O–H groups in total. The van der Waals surface area contributed by atoms with Gasteiger partial charge in [-0.05, 0) is 70.6 Å². The van der Waals surface area contributed by atoms with E-state index >= 15 is 0 Å². The van der Waals surface area contributed by atoms with Gasteiger partial charge in [0.1, 0.15) is 16.7 Å². The molecule has 3 atom stereocenters. The summed E-state index contributed by atoms with van der Waals surface area (Å²) in [6.07, 6.45) is 2.64. The van der Waals surface area contributed by atoms with Crippen LogP contribution >= 0.6 is 23.2 Å². The Bertz CT molecular complexity index is 1150. The van der Waals surface area contributed by atoms with Gasteiger partial charge in [-0.2, -0.15) is 0 Å². The molecule has 0 bridgehead atoms. The first-order valence-electron chi connectivity index (χ1n) is 11.6. The van der Waals surface area contributed by atoms with Crippen molar-refractivity contribution in [3.05, 3.63) is 29.3 Å². The topological polar surface area (TPSA) is 105 Å². The molecule has 0 radical (unpaired) electrons. The summed E-state index contributed by atoms with van der Waals surface area (Å²) in [6.45, 7) is 7.36. The Morgan fingerprint density at radius 3 is 2.57 bits per heavy atom. The van der Waals surface area contributed by atoms with E-state index in [0.29, 0.717) is 19.1 Å². The first kappa shape index (κ1) is 27.6. The smallest absolute Gasteiger partial charge is 0.411 e. The summed E-state index contributed by atoms with van der Waals surface area (Å²) in [5.41, 5.74) is -1.66. The van der Waals surface area contributed by atoms with Crippen LogP contribution in [0.25, 0.3) is 0 Å². The molecule has 1 saturated heterocycles. The number of aliphatic imine (C=N–C) groups is 2. The predicted molar refractivity (Wildman–Crippen MR) is 137 cm³/mol. The van der Waals surface area contributed by atoms with Crippen LogP contribution in [-0.2, 0) is 19.4 Å². The minimum absolute atomic E-state index is 0.0353. The molecule has 1 aromatic rings. The monoisotopic (exact) mass is 543 g/mol. The lowest BCUT2D eigenvalue weighted by Gasteiger charge is -2.28. The number of rotatable bonds is 8. The molecular formula is C24H31Cl2N3O5S. The second-order valence-electron chi connectivity index (χ2n) is 10.00. The van der Waals surface area contributed by atoms with E-state index in [0.717, 1.165) is 12.8 Å². The Hall–Kier alpha value is -1.97. The number of likely N-dealkylation sites (tertiary alicyclic amines) is 1. The van der Waals surface area contributed by atoms with Gasteiger partial charge < -0.3 is 4.74 Å². The first-order chi connectivity index (χ1) is 16.3. The zero-order valence-corrected chi connectivity index (χ0v) is 22.7. The van der Waals surface area contributed by atoms with Crippen LogP contribution in [0.3, 0.4) is 0 Å². The van der Waals surface area contributed by atoms with Gasteiger partial charge in [0, 0.05) is 11.6 Å². The number of unbranched alkanes of at least 4 members (excludes halogenated alkanes) is 1. The van der Waals surface area contributed by atoms with Gasteiger partial charge in [-0.25, -0.2) is 23.2 Å². The molecular weight excluding hydrogens is 513 g/mol. The van der Waals surface area contributed by atoms with Gasteiger partial charge in [0.2, 0.25) is 0 Å². The fourth-order valence-electron chi connectivity index (χ4n) is 4.48. The molecule has 3 unspecified atom stereocenters. The van der Waals surface area contributed by atoms with Gasteiger partial charge in [-0.1, -0.05) is 42.6 Å². The second-order valence-corrected chi connectivity index (χ2v) is 12.9. The number of hydrogen-bond donors (Lipinski definition) is 0. The van der Waals surface area contributed by atoms with Crippen LogP contribution in [0.4, 0.5) is 4.79 Å². The average molecular weight is 545 g/mol. The zero-order valence-electron chi connectivity index (χ0n) is 20.3. The lowest BCUT2D eigenvalue weighted by atomic mass is 9.91. The molecule has 0 aromatic heterocycles. The minimum atomic E-state index is -3.95. The minimum Gasteiger partial charge on any atom is -0.444 e. The normalized spacial score (nSPS) is 24.8. The fraction of sp³-hybridized carbons (Fsp3) is 0.583. The van der Waals surface area contributed by atoms with Crippen LogP contribution in [0, 0.1) is 5.92 Å². The van der Waals surface area contributed by atoms with Crippen LogP contribution in [0.2, 0.25) is 5.02 Å². The van der Waals surface area contributed by atoms with E-state index in [-0.39, 0.29) is 39.7 Å². The molecule has 0 saturated carbocycles. The summed E-state index contributed by atoms with van der Waals surface area (Å²) < 4.78 is 32.8. The summed E-state index contributed by atoms with van der Waals surface area (Å²) >= 11 is 12.2. The maximum atomic E-state index is 13.6. The number of ether oxygens (including phenoxy) is 1. The predicted octanol–water partition coefficient (Wildman–Crippen LogP) is 5.26. The number of carbonyl (C=O) groups excluding carboxylic acids is 2. The number of aldehydes is 1. The molecule has 1 amide bonds. The second kappa shape index (κ2) is 10.6. The highest BCUT2D eigenvalue weighted by Crippen LogP contribution is 2.41. The highest BCUT2D eigenvalue weighted by molar-refractivity contribution is 7.92. The molecule has 1 fully saturated rings. The summed E-state index contributed by atoms with van der Waals surface area (Å²) in [7, 11) is -3.95. The quantitative estimate of drug-likeness (QED) is 0.415. The zero-order chi connectivity index (χ0) is 26.0. The first-order valence-corrected chi connectivity index (χ1v) is 13.9. The Morgan fingerprint density at radius 1 is 1.29 bits per heavy atom. The molecule has 3 rings (SSSR count). The number of halogens is 2. The van der Waals surface area contributed by atoms with Gasteiger partial charge in [-0.15, -0.1) is 0 Å². The van der Waals surface area contributed by atoms with E-state index in [2.05, 4.69) is 9.98 Å². The third-order valence-corrected chi connectivity index (χ3v) is 8.54. The van der Waals surface area contributed by atoms with Crippen molar-refractivity contribution in [3.63, 3.8) is 0 Å². The van der Waals surface area contributed by atoms with Crippen LogP contribution in [0.5, 0.6) is 0 Å². The summed E-state index contributed by atoms with van der Waals surface area (Å²) in [5, 5.41) is -0.797. The van der Waals surface area contributed by atoms with Crippen molar-refractivity contribution in [2.75, 3.05) is 6.54 Å². The number of benzene rings is 1. The van der Waals surface area contributed by atoms with Crippen LogP contribution in [-0.4, -0.2) is 59.8 Å². The van der Waals surface area contributed by atoms with Crippen molar-refractivity contribution < 1.29 is 22.7 Å². The SMILES string of the molecule is CCCCC1(CC2CC(S(=O)(=O)c3cccc(Cl)c3)N(C(=O)OC(C)(C)C)C2)N=C(Cl)C(C=O)=N1. The third kappa shape index (κ3) is 6.43. The molecule has 11 heteroatoms. The average Bonchev–Trinajstić information content (AvgIpc) is 3.33. The molecule has 1 aromatic carbocycles. The summed E-state index contributed by atoms with van der Waals surface area (Å²) in [6, 6.07) is 5.99. The van der Waals surface area contributed by atoms with E-state index in [4.69, 9.17) is 27.9 Å². The van der Waals surface area contributed by atoms with Crippen LogP contribution in [0.15, 0.2) is 39.1 Å². The highest BCUT2D eigenvalue weighted by atomic mass is 35.5. The van der Waals surface area contributed by atoms with Crippen molar-refractivity contribution in [1.29, 1.82) is 0 Å². The molecule has 8 nitrogen and oxygen atoms in total. The summed E-state index contributed by atoms with van der Waals surface area (Å²) in [5.74, 6) is -0.263. The summed E-state index contributed by atoms with van der Waals surface area (Å²) in [4.78, 5) is 34.8. The van der Waals surface area contributed by atoms with E-state index in [9.17, 15) is 18.0 Å². The van der Waals surface area contributed by atoms with Gasteiger partial charge in [0.25, 0.3) is 0 Å². The largest absolute Gasteiger partial charge is 0.444 e. The van der Waals surface area contributed by atoms with E-state index in [1.807, 2.05) is 6.92 Å². The number of nitrogens with zero attached hydrogens (tertiary/aromatic N) is 3. The van der Waals surface area contributed by atoms with Crippen molar-refractivity contribution in [1.82, 2.24) is 4.90 Å². The standard InChI is InChI=1S/C24H31Cl2N3O5S/c1-5-6-10-24(27-19(15-30)21(26)28-24)13-16-11-20(29(14-16)22(31)34-23(2,3)4)35(32,33)18-9-7-8-17(25)12-18/h7-9,12,15-16,20H,5-6,10-11,13-14H2,1-4H3. The number of carbonyl (C=O) groups is 2. The number of sulfone groups is 1. The molecule has 2 aliphatic heterocycles. The van der Waals surface area contributed by atoms with E-state index < -0.39 is 32.6 Å². The Morgan fingerprint density at radius 2 is 2.00 bits per heavy atom. The number of hydrogen-bond acceptors (Lipinski definition) is 7. The number of amides is 1. The van der Waals surface area contributed by atoms with E-state index in [1.165, 1.54) is 17.0 Å². The molecule has 0 aliphatic carbocycles. The maximum absolute atomic E-state index is 13.6. The van der Waals surface area contributed by atoms with Crippen LogP contribution in [0.1, 0.15) is 59.8 Å². The maximum Gasteiger partial charge on any atom is 0.411 e. The lowest BCUT2D eigenvalue weighted by molar-refractivity contribution is -0.102. The molecule has 0 spiro atoms. The molecule has 2 aliphatic rings. The lowest BCUT2D eigenvalue weighted by Crippen LogP contribution is -2.43. The molecule has 2 heterocycles. The Kier molecular flexibility index (Phi) is 8.34. The third-order valence-electron chi connectivity index (χ3n) is 5.95. The van der Waals surface area contributed by atoms with Gasteiger partial charge in [-0.3, -0.25) is 9.69 Å². The van der Waals surface area contributed by atoms with Crippen molar-refractivity contribution in [2.24, 2.45) is 15.9 Å². The molecule has 35 heavy (non-hydrogen) atoms. The van der Waals surface area contributed by atoms with Crippen molar-refractivity contribution in [2.45, 2.75) is 81.3 Å².